The summed E-state index contributed by atoms with van der Waals surface area (Å²) in [4.78, 5) is 7.62. The fraction of sp³-hybridized carbons (Fsp3) is 0.105. The smallest absolute Gasteiger partial charge is 0.161 e. The number of benzene rings is 2. The zero-order valence-corrected chi connectivity index (χ0v) is 12.9. The van der Waals surface area contributed by atoms with E-state index in [0.717, 1.165) is 28.1 Å². The van der Waals surface area contributed by atoms with Gasteiger partial charge in [0.2, 0.25) is 0 Å². The van der Waals surface area contributed by atoms with Gasteiger partial charge in [0.05, 0.1) is 24.8 Å². The van der Waals surface area contributed by atoms with Crippen molar-refractivity contribution in [2.75, 3.05) is 7.11 Å². The van der Waals surface area contributed by atoms with Crippen LogP contribution in [0.1, 0.15) is 5.56 Å². The quantitative estimate of drug-likeness (QED) is 0.695. The van der Waals surface area contributed by atoms with E-state index in [9.17, 15) is 5.11 Å². The van der Waals surface area contributed by atoms with Gasteiger partial charge in [-0.15, -0.1) is 6.58 Å². The number of imidazole rings is 1. The summed E-state index contributed by atoms with van der Waals surface area (Å²) in [5.74, 6) is 0.588. The Morgan fingerprint density at radius 2 is 2.00 bits per heavy atom. The molecule has 0 saturated heterocycles. The molecular weight excluding hydrogens is 288 g/mol. The number of nitrogens with zero attached hydrogens (tertiary/aromatic N) is 1. The van der Waals surface area contributed by atoms with Gasteiger partial charge in [-0.25, -0.2) is 4.98 Å². The van der Waals surface area contributed by atoms with Crippen LogP contribution in [0.5, 0.6) is 11.5 Å². The van der Waals surface area contributed by atoms with E-state index >= 15 is 0 Å². The van der Waals surface area contributed by atoms with Gasteiger partial charge in [-0.1, -0.05) is 36.4 Å². The van der Waals surface area contributed by atoms with Crippen LogP contribution in [0.25, 0.3) is 22.5 Å². The number of rotatable bonds is 5. The van der Waals surface area contributed by atoms with Crippen molar-refractivity contribution in [1.29, 1.82) is 0 Å². The normalized spacial score (nSPS) is 10.5. The maximum absolute atomic E-state index is 10.2. The van der Waals surface area contributed by atoms with E-state index < -0.39 is 0 Å². The molecule has 0 unspecified atom stereocenters. The fourth-order valence-corrected chi connectivity index (χ4v) is 2.61. The van der Waals surface area contributed by atoms with Crippen LogP contribution in [0.3, 0.4) is 0 Å². The molecule has 23 heavy (non-hydrogen) atoms. The molecule has 0 saturated carbocycles. The minimum Gasteiger partial charge on any atom is -0.504 e. The van der Waals surface area contributed by atoms with E-state index in [1.54, 1.807) is 19.5 Å². The summed E-state index contributed by atoms with van der Waals surface area (Å²) in [6, 6.07) is 13.7. The molecule has 1 aromatic heterocycles. The minimum atomic E-state index is 0.150. The maximum atomic E-state index is 10.2. The van der Waals surface area contributed by atoms with Crippen molar-refractivity contribution in [1.82, 2.24) is 9.97 Å². The fourth-order valence-electron chi connectivity index (χ4n) is 2.61. The van der Waals surface area contributed by atoms with Crippen LogP contribution in [0.2, 0.25) is 0 Å². The van der Waals surface area contributed by atoms with Gasteiger partial charge >= 0.3 is 0 Å². The highest BCUT2D eigenvalue weighted by atomic mass is 16.5. The number of ether oxygens (including phenoxy) is 1. The van der Waals surface area contributed by atoms with Gasteiger partial charge in [0.25, 0.3) is 0 Å². The Balaban J connectivity index is 2.15. The number of allylic oxidation sites excluding steroid dienone is 1. The summed E-state index contributed by atoms with van der Waals surface area (Å²) in [5.41, 5.74) is 4.46. The number of H-pyrrole nitrogens is 1. The Morgan fingerprint density at radius 1 is 1.22 bits per heavy atom. The molecule has 2 aromatic carbocycles. The third kappa shape index (κ3) is 2.83. The van der Waals surface area contributed by atoms with Gasteiger partial charge in [-0.2, -0.15) is 0 Å². The van der Waals surface area contributed by atoms with Gasteiger partial charge < -0.3 is 14.8 Å². The molecule has 0 aliphatic carbocycles. The highest BCUT2D eigenvalue weighted by Gasteiger charge is 2.15. The molecule has 0 fully saturated rings. The molecule has 4 heteroatoms. The van der Waals surface area contributed by atoms with Crippen molar-refractivity contribution in [3.63, 3.8) is 0 Å². The average Bonchev–Trinajstić information content (AvgIpc) is 3.07. The Labute approximate surface area is 135 Å². The van der Waals surface area contributed by atoms with E-state index in [-0.39, 0.29) is 5.75 Å². The van der Waals surface area contributed by atoms with Crippen LogP contribution in [0, 0.1) is 0 Å². The van der Waals surface area contributed by atoms with Crippen LogP contribution in [-0.2, 0) is 6.42 Å². The van der Waals surface area contributed by atoms with E-state index in [0.29, 0.717) is 12.2 Å². The van der Waals surface area contributed by atoms with Crippen molar-refractivity contribution < 1.29 is 9.84 Å². The second-order valence-corrected chi connectivity index (χ2v) is 5.17. The number of aromatic amines is 1. The lowest BCUT2D eigenvalue weighted by Gasteiger charge is -2.11. The number of aromatic nitrogens is 2. The first-order chi connectivity index (χ1) is 11.2. The summed E-state index contributed by atoms with van der Waals surface area (Å²) >= 11 is 0. The maximum Gasteiger partial charge on any atom is 0.161 e. The third-order valence-corrected chi connectivity index (χ3v) is 3.71. The Morgan fingerprint density at radius 3 is 2.70 bits per heavy atom. The predicted molar refractivity (Wildman–Crippen MR) is 91.6 cm³/mol. The van der Waals surface area contributed by atoms with Gasteiger partial charge in [0.1, 0.15) is 0 Å². The number of aromatic hydroxyl groups is 1. The number of phenols is 1. The minimum absolute atomic E-state index is 0.150. The summed E-state index contributed by atoms with van der Waals surface area (Å²) in [6.07, 6.45) is 3.98. The lowest BCUT2D eigenvalue weighted by atomic mass is 10.0. The van der Waals surface area contributed by atoms with Crippen molar-refractivity contribution in [3.8, 4) is 34.0 Å². The van der Waals surface area contributed by atoms with Gasteiger partial charge in [-0.05, 0) is 18.6 Å². The number of phenolic OH excluding ortho intramolecular Hbond substituents is 1. The number of hydrogen-bond acceptors (Lipinski definition) is 3. The molecule has 0 radical (unpaired) electrons. The van der Waals surface area contributed by atoms with Crippen molar-refractivity contribution in [3.05, 3.63) is 67.0 Å². The Hall–Kier alpha value is -3.01. The molecule has 2 N–H and O–H groups in total. The molecular formula is C19H18N2O2. The number of hydrogen-bond donors (Lipinski definition) is 2. The van der Waals surface area contributed by atoms with Crippen LogP contribution in [0.4, 0.5) is 0 Å². The molecule has 4 nitrogen and oxygen atoms in total. The van der Waals surface area contributed by atoms with Crippen molar-refractivity contribution >= 4 is 0 Å². The van der Waals surface area contributed by atoms with Gasteiger partial charge in [0.15, 0.2) is 11.5 Å². The number of methoxy groups -OCH3 is 1. The topological polar surface area (TPSA) is 58.1 Å². The molecule has 0 aliphatic rings. The van der Waals surface area contributed by atoms with E-state index in [1.165, 1.54) is 0 Å². The van der Waals surface area contributed by atoms with Crippen molar-refractivity contribution in [2.24, 2.45) is 0 Å². The van der Waals surface area contributed by atoms with E-state index in [4.69, 9.17) is 4.74 Å². The first-order valence-corrected chi connectivity index (χ1v) is 7.34. The molecule has 0 atom stereocenters. The van der Waals surface area contributed by atoms with Gasteiger partial charge in [-0.3, -0.25) is 0 Å². The summed E-state index contributed by atoms with van der Waals surface area (Å²) in [7, 11) is 1.54. The van der Waals surface area contributed by atoms with Crippen molar-refractivity contribution in [2.45, 2.75) is 6.42 Å². The first kappa shape index (κ1) is 14.9. The Kier molecular flexibility index (Phi) is 4.15. The number of nitrogens with one attached hydrogen (secondary N) is 1. The summed E-state index contributed by atoms with van der Waals surface area (Å²) < 4.78 is 5.30. The lowest BCUT2D eigenvalue weighted by molar-refractivity contribution is 0.371. The molecule has 3 rings (SSSR count). The van der Waals surface area contributed by atoms with E-state index in [2.05, 4.69) is 16.5 Å². The Bertz CT molecular complexity index is 823. The zero-order valence-electron chi connectivity index (χ0n) is 12.9. The first-order valence-electron chi connectivity index (χ1n) is 7.34. The molecule has 1 heterocycles. The molecule has 116 valence electrons. The molecule has 0 amide bonds. The second-order valence-electron chi connectivity index (χ2n) is 5.17. The lowest BCUT2D eigenvalue weighted by Crippen LogP contribution is -1.92. The highest BCUT2D eigenvalue weighted by molar-refractivity contribution is 5.79. The van der Waals surface area contributed by atoms with Crippen LogP contribution in [-0.4, -0.2) is 22.2 Å². The van der Waals surface area contributed by atoms with Gasteiger partial charge in [0, 0.05) is 16.7 Å². The second kappa shape index (κ2) is 6.40. The van der Waals surface area contributed by atoms with Crippen LogP contribution >= 0.6 is 0 Å². The average molecular weight is 306 g/mol. The highest BCUT2D eigenvalue weighted by Crippen LogP contribution is 2.38. The van der Waals surface area contributed by atoms with E-state index in [1.807, 2.05) is 42.5 Å². The molecule has 0 spiro atoms. The monoisotopic (exact) mass is 306 g/mol. The van der Waals surface area contributed by atoms with Crippen LogP contribution in [0.15, 0.2) is 61.4 Å². The zero-order chi connectivity index (χ0) is 16.2. The summed E-state index contributed by atoms with van der Waals surface area (Å²) in [6.45, 7) is 3.74. The SMILES string of the molecule is C=CCc1cc(-c2[nH]cnc2-c2ccccc2)cc(OC)c1O. The largest absolute Gasteiger partial charge is 0.504 e. The predicted octanol–water partition coefficient (Wildman–Crippen LogP) is 4.19. The van der Waals surface area contributed by atoms with Crippen LogP contribution < -0.4 is 4.74 Å². The molecule has 0 bridgehead atoms. The molecule has 0 aliphatic heterocycles. The third-order valence-electron chi connectivity index (χ3n) is 3.71. The summed E-state index contributed by atoms with van der Waals surface area (Å²) in [5, 5.41) is 10.2. The molecule has 3 aromatic rings. The standard InChI is InChI=1S/C19H18N2O2/c1-3-7-14-10-15(11-16(23-2)19(14)22)18-17(20-12-21-18)13-8-5-4-6-9-13/h3-6,8-12,22H,1,7H2,2H3,(H,20,21).